The highest BCUT2D eigenvalue weighted by molar-refractivity contribution is 5.92. The van der Waals surface area contributed by atoms with E-state index in [-0.39, 0.29) is 22.9 Å². The average Bonchev–Trinajstić information content (AvgIpc) is 3.05. The van der Waals surface area contributed by atoms with Crippen LogP contribution in [0.25, 0.3) is 11.0 Å². The summed E-state index contributed by atoms with van der Waals surface area (Å²) in [6.45, 7) is 5.92. The normalized spacial score (nSPS) is 20.9. The molecule has 2 aliphatic carbocycles. The number of aromatic nitrogens is 2. The molecule has 2 saturated carbocycles. The molecule has 9 heteroatoms. The second kappa shape index (κ2) is 13.4. The molecule has 3 aromatic rings. The van der Waals surface area contributed by atoms with Crippen molar-refractivity contribution in [2.24, 2.45) is 13.0 Å². The lowest BCUT2D eigenvalue weighted by Gasteiger charge is -2.44. The van der Waals surface area contributed by atoms with Gasteiger partial charge < -0.3 is 19.1 Å². The molecule has 1 aromatic carbocycles. The van der Waals surface area contributed by atoms with E-state index >= 15 is 0 Å². The zero-order valence-electron chi connectivity index (χ0n) is 26.0. The van der Waals surface area contributed by atoms with E-state index in [0.29, 0.717) is 22.8 Å². The first kappa shape index (κ1) is 30.1. The van der Waals surface area contributed by atoms with Gasteiger partial charge in [-0.15, -0.1) is 0 Å². The van der Waals surface area contributed by atoms with Crippen molar-refractivity contribution in [3.05, 3.63) is 63.6 Å². The van der Waals surface area contributed by atoms with Crippen LogP contribution in [0.4, 0.5) is 11.4 Å². The van der Waals surface area contributed by atoms with Crippen LogP contribution in [0.3, 0.4) is 0 Å². The Labute approximate surface area is 260 Å². The fourth-order valence-electron chi connectivity index (χ4n) is 7.22. The Morgan fingerprint density at radius 2 is 1.66 bits per heavy atom. The number of hydrogen-bond donors (Lipinski definition) is 0. The van der Waals surface area contributed by atoms with Gasteiger partial charge in [0.05, 0.1) is 24.4 Å². The van der Waals surface area contributed by atoms with Crippen LogP contribution in [-0.4, -0.2) is 73.0 Å². The van der Waals surface area contributed by atoms with E-state index in [9.17, 15) is 15.3 Å². The number of rotatable bonds is 9. The van der Waals surface area contributed by atoms with E-state index in [0.717, 1.165) is 77.4 Å². The Bertz CT molecular complexity index is 1600. The van der Waals surface area contributed by atoms with Gasteiger partial charge in [-0.05, 0) is 80.7 Å². The van der Waals surface area contributed by atoms with Gasteiger partial charge in [-0.1, -0.05) is 18.6 Å². The molecule has 0 unspecified atom stereocenters. The number of morpholine rings is 1. The van der Waals surface area contributed by atoms with Crippen molar-refractivity contribution < 1.29 is 4.74 Å². The van der Waals surface area contributed by atoms with Crippen LogP contribution in [0.2, 0.25) is 0 Å². The molecular formula is C35H43N7O2. The summed E-state index contributed by atoms with van der Waals surface area (Å²) in [4.78, 5) is 25.0. The minimum absolute atomic E-state index is 0.0903. The molecule has 3 fully saturated rings. The summed E-state index contributed by atoms with van der Waals surface area (Å²) in [5.74, 6) is 0.766. The number of pyridine rings is 2. The van der Waals surface area contributed by atoms with Crippen LogP contribution in [-0.2, 0) is 18.2 Å². The molecule has 0 spiro atoms. The van der Waals surface area contributed by atoms with Gasteiger partial charge in [0, 0.05) is 58.0 Å². The largest absolute Gasteiger partial charge is 0.379 e. The maximum Gasteiger partial charge on any atom is 0.270 e. The molecule has 0 atom stereocenters. The molecule has 1 aliphatic heterocycles. The summed E-state index contributed by atoms with van der Waals surface area (Å²) in [5, 5.41) is 19.5. The Morgan fingerprint density at radius 1 is 0.955 bits per heavy atom. The Balaban J connectivity index is 1.18. The van der Waals surface area contributed by atoms with Gasteiger partial charge in [0.25, 0.3) is 5.56 Å². The minimum Gasteiger partial charge on any atom is -0.379 e. The lowest BCUT2D eigenvalue weighted by atomic mass is 9.83. The molecule has 9 nitrogen and oxygen atoms in total. The lowest BCUT2D eigenvalue weighted by molar-refractivity contribution is 0.0384. The molecule has 3 heterocycles. The summed E-state index contributed by atoms with van der Waals surface area (Å²) in [5.41, 5.74) is 4.45. The van der Waals surface area contributed by atoms with Crippen LogP contribution >= 0.6 is 0 Å². The van der Waals surface area contributed by atoms with Crippen molar-refractivity contribution in [2.45, 2.75) is 63.5 Å². The SMILES string of the molecule is Cn1c(=O)c(C#N)c(N(C)[C@H]2CC[C@H](N(CC3CCC3)c3ccc(CCN4CCOCC4)cc3)CC2)c2nc(C#N)ccc21. The van der Waals surface area contributed by atoms with E-state index in [1.54, 1.807) is 19.2 Å². The number of benzene rings is 1. The van der Waals surface area contributed by atoms with Gasteiger partial charge in [-0.2, -0.15) is 10.5 Å². The fourth-order valence-corrected chi connectivity index (χ4v) is 7.22. The first-order valence-corrected chi connectivity index (χ1v) is 16.2. The molecule has 44 heavy (non-hydrogen) atoms. The van der Waals surface area contributed by atoms with Crippen LogP contribution < -0.4 is 15.4 Å². The highest BCUT2D eigenvalue weighted by Crippen LogP contribution is 2.37. The highest BCUT2D eigenvalue weighted by Gasteiger charge is 2.32. The predicted octanol–water partition coefficient (Wildman–Crippen LogP) is 4.61. The fraction of sp³-hybridized carbons (Fsp3) is 0.543. The number of nitriles is 2. The summed E-state index contributed by atoms with van der Waals surface area (Å²) < 4.78 is 6.96. The molecule has 0 amide bonds. The summed E-state index contributed by atoms with van der Waals surface area (Å²) >= 11 is 0. The average molecular weight is 594 g/mol. The Kier molecular flexibility index (Phi) is 9.16. The third kappa shape index (κ3) is 6.18. The standard InChI is InChI=1S/C35H43N7O2/c1-39(34-31(23-37)35(43)40(2)32-15-8-27(22-36)38-33(32)34)28-11-13-30(14-12-28)42(24-26-4-3-5-26)29-9-6-25(7-10-29)16-17-41-18-20-44-21-19-41/h6-10,15,26,28,30H,3-5,11-14,16-21,24H2,1-2H3/t28-,30-. The number of fused-ring (bicyclic) bond motifs is 1. The van der Waals surface area contributed by atoms with Crippen molar-refractivity contribution >= 4 is 22.4 Å². The van der Waals surface area contributed by atoms with Crippen molar-refractivity contribution in [3.63, 3.8) is 0 Å². The van der Waals surface area contributed by atoms with Crippen LogP contribution in [0.1, 0.15) is 61.8 Å². The Morgan fingerprint density at radius 3 is 2.30 bits per heavy atom. The molecule has 0 radical (unpaired) electrons. The number of hydrogen-bond acceptors (Lipinski definition) is 8. The topological polar surface area (TPSA) is 101 Å². The van der Waals surface area contributed by atoms with E-state index in [1.807, 2.05) is 7.05 Å². The van der Waals surface area contributed by atoms with E-state index < -0.39 is 0 Å². The van der Waals surface area contributed by atoms with Crippen molar-refractivity contribution in [1.82, 2.24) is 14.5 Å². The van der Waals surface area contributed by atoms with Gasteiger partial charge in [-0.25, -0.2) is 4.98 Å². The van der Waals surface area contributed by atoms with Crippen molar-refractivity contribution in [1.29, 1.82) is 10.5 Å². The zero-order chi connectivity index (χ0) is 30.6. The number of aryl methyl sites for hydroxylation is 1. The molecule has 0 bridgehead atoms. The Hall–Kier alpha value is -3.92. The van der Waals surface area contributed by atoms with Gasteiger partial charge >= 0.3 is 0 Å². The third-order valence-electron chi connectivity index (χ3n) is 10.2. The zero-order valence-corrected chi connectivity index (χ0v) is 26.0. The maximum atomic E-state index is 13.2. The summed E-state index contributed by atoms with van der Waals surface area (Å²) in [6, 6.07) is 17.6. The molecule has 3 aliphatic rings. The second-order valence-electron chi connectivity index (χ2n) is 12.8. The first-order valence-electron chi connectivity index (χ1n) is 16.2. The van der Waals surface area contributed by atoms with E-state index in [1.165, 1.54) is 35.1 Å². The second-order valence-corrected chi connectivity index (χ2v) is 12.8. The quantitative estimate of drug-likeness (QED) is 0.355. The number of ether oxygens (including phenoxy) is 1. The summed E-state index contributed by atoms with van der Waals surface area (Å²) in [7, 11) is 3.63. The summed E-state index contributed by atoms with van der Waals surface area (Å²) in [6.07, 6.45) is 9.04. The predicted molar refractivity (Wildman–Crippen MR) is 173 cm³/mol. The maximum absolute atomic E-state index is 13.2. The van der Waals surface area contributed by atoms with Crippen LogP contribution in [0, 0.1) is 28.6 Å². The molecule has 1 saturated heterocycles. The monoisotopic (exact) mass is 593 g/mol. The molecular weight excluding hydrogens is 550 g/mol. The van der Waals surface area contributed by atoms with Gasteiger partial charge in [0.15, 0.2) is 0 Å². The van der Waals surface area contributed by atoms with E-state index in [2.05, 4.69) is 56.1 Å². The van der Waals surface area contributed by atoms with Crippen LogP contribution in [0.15, 0.2) is 41.2 Å². The molecule has 6 rings (SSSR count). The number of anilines is 2. The van der Waals surface area contributed by atoms with Gasteiger partial charge in [0.2, 0.25) is 0 Å². The molecule has 230 valence electrons. The minimum atomic E-state index is -0.331. The van der Waals surface area contributed by atoms with Crippen molar-refractivity contribution in [2.75, 3.05) is 56.2 Å². The highest BCUT2D eigenvalue weighted by atomic mass is 16.5. The number of nitrogens with zero attached hydrogens (tertiary/aromatic N) is 7. The first-order chi connectivity index (χ1) is 21.5. The van der Waals surface area contributed by atoms with Crippen LogP contribution in [0.5, 0.6) is 0 Å². The lowest BCUT2D eigenvalue weighted by Crippen LogP contribution is -2.46. The van der Waals surface area contributed by atoms with Gasteiger partial charge in [0.1, 0.15) is 28.9 Å². The molecule has 0 N–H and O–H groups in total. The van der Waals surface area contributed by atoms with Crippen molar-refractivity contribution in [3.8, 4) is 12.1 Å². The molecule has 2 aromatic heterocycles. The van der Waals surface area contributed by atoms with Gasteiger partial charge in [-0.3, -0.25) is 9.69 Å². The smallest absolute Gasteiger partial charge is 0.270 e. The van der Waals surface area contributed by atoms with E-state index in [4.69, 9.17) is 4.74 Å². The third-order valence-corrected chi connectivity index (χ3v) is 10.2.